The smallest absolute Gasteiger partial charge is 0.149 e. The minimum atomic E-state index is -0.258. The van der Waals surface area contributed by atoms with E-state index in [1.54, 1.807) is 25.4 Å². The van der Waals surface area contributed by atoms with E-state index in [-0.39, 0.29) is 11.4 Å². The minimum absolute atomic E-state index is 0.0365. The fraction of sp³-hybridized carbons (Fsp3) is 0.400. The SMILES string of the molecule is COC1(c2cc(C(=N)NO)ccn2)CC1. The second-order valence-electron chi connectivity index (χ2n) is 3.61. The monoisotopic (exact) mass is 207 g/mol. The van der Waals surface area contributed by atoms with E-state index >= 15 is 0 Å². The third kappa shape index (κ3) is 1.71. The Bertz CT molecular complexity index is 388. The Morgan fingerprint density at radius 3 is 2.93 bits per heavy atom. The Labute approximate surface area is 87.6 Å². The molecule has 0 radical (unpaired) electrons. The highest BCUT2D eigenvalue weighted by molar-refractivity contribution is 5.95. The molecule has 1 fully saturated rings. The molecule has 15 heavy (non-hydrogen) atoms. The molecule has 1 aromatic heterocycles. The van der Waals surface area contributed by atoms with Gasteiger partial charge < -0.3 is 4.74 Å². The fourth-order valence-electron chi connectivity index (χ4n) is 1.58. The van der Waals surface area contributed by atoms with Gasteiger partial charge in [0, 0.05) is 18.9 Å². The van der Waals surface area contributed by atoms with Gasteiger partial charge in [0.1, 0.15) is 11.4 Å². The number of nitrogens with one attached hydrogen (secondary N) is 2. The molecule has 0 aliphatic heterocycles. The number of pyridine rings is 1. The van der Waals surface area contributed by atoms with Crippen LogP contribution in [0.25, 0.3) is 0 Å². The third-order valence-corrected chi connectivity index (χ3v) is 2.72. The summed E-state index contributed by atoms with van der Waals surface area (Å²) in [4.78, 5) is 4.23. The second kappa shape index (κ2) is 3.60. The number of hydrogen-bond donors (Lipinski definition) is 3. The molecule has 1 aromatic rings. The van der Waals surface area contributed by atoms with Gasteiger partial charge in [-0.1, -0.05) is 0 Å². The van der Waals surface area contributed by atoms with Crippen molar-refractivity contribution in [2.45, 2.75) is 18.4 Å². The van der Waals surface area contributed by atoms with E-state index in [0.717, 1.165) is 18.5 Å². The Hall–Kier alpha value is -1.46. The molecule has 0 spiro atoms. The fourth-order valence-corrected chi connectivity index (χ4v) is 1.58. The van der Waals surface area contributed by atoms with Crippen molar-refractivity contribution in [3.05, 3.63) is 29.6 Å². The molecule has 0 unspecified atom stereocenters. The van der Waals surface area contributed by atoms with Crippen LogP contribution in [0.5, 0.6) is 0 Å². The van der Waals surface area contributed by atoms with Gasteiger partial charge in [0.05, 0.1) is 5.69 Å². The van der Waals surface area contributed by atoms with Crippen LogP contribution in [-0.4, -0.2) is 23.1 Å². The zero-order valence-corrected chi connectivity index (χ0v) is 8.45. The van der Waals surface area contributed by atoms with Crippen LogP contribution in [0.1, 0.15) is 24.1 Å². The molecule has 2 rings (SSSR count). The van der Waals surface area contributed by atoms with Gasteiger partial charge in [-0.05, 0) is 25.0 Å². The van der Waals surface area contributed by atoms with E-state index < -0.39 is 0 Å². The van der Waals surface area contributed by atoms with Gasteiger partial charge in [-0.2, -0.15) is 0 Å². The topological polar surface area (TPSA) is 78.2 Å². The van der Waals surface area contributed by atoms with Crippen molar-refractivity contribution in [1.82, 2.24) is 10.5 Å². The number of hydrogen-bond acceptors (Lipinski definition) is 4. The van der Waals surface area contributed by atoms with Gasteiger partial charge in [0.25, 0.3) is 0 Å². The summed E-state index contributed by atoms with van der Waals surface area (Å²) in [5, 5.41) is 16.1. The first-order chi connectivity index (χ1) is 7.22. The van der Waals surface area contributed by atoms with Crippen LogP contribution in [0.3, 0.4) is 0 Å². The highest BCUT2D eigenvalue weighted by Crippen LogP contribution is 2.47. The average Bonchev–Trinajstić information content (AvgIpc) is 3.09. The summed E-state index contributed by atoms with van der Waals surface area (Å²) < 4.78 is 5.39. The molecule has 1 aliphatic carbocycles. The molecule has 5 heteroatoms. The van der Waals surface area contributed by atoms with Crippen LogP contribution in [-0.2, 0) is 10.3 Å². The number of amidine groups is 1. The summed E-state index contributed by atoms with van der Waals surface area (Å²) in [5.41, 5.74) is 2.98. The third-order valence-electron chi connectivity index (χ3n) is 2.72. The number of methoxy groups -OCH3 is 1. The van der Waals surface area contributed by atoms with E-state index in [0.29, 0.717) is 5.56 Å². The van der Waals surface area contributed by atoms with Crippen LogP contribution in [0.15, 0.2) is 18.3 Å². The Balaban J connectivity index is 2.31. The maximum atomic E-state index is 8.63. The standard InChI is InChI=1S/C10H13N3O2/c1-15-10(3-4-10)8-6-7(2-5-12-8)9(11)13-14/h2,5-6,14H,3-4H2,1H3,(H2,11,13). The lowest BCUT2D eigenvalue weighted by Crippen LogP contribution is -2.20. The molecular weight excluding hydrogens is 194 g/mol. The largest absolute Gasteiger partial charge is 0.372 e. The van der Waals surface area contributed by atoms with Crippen LogP contribution in [0.2, 0.25) is 0 Å². The molecular formula is C10H13N3O2. The molecule has 0 saturated heterocycles. The lowest BCUT2D eigenvalue weighted by molar-refractivity contribution is 0.0751. The summed E-state index contributed by atoms with van der Waals surface area (Å²) in [5.74, 6) is -0.0365. The van der Waals surface area contributed by atoms with Crippen molar-refractivity contribution < 1.29 is 9.94 Å². The molecule has 5 nitrogen and oxygen atoms in total. The van der Waals surface area contributed by atoms with Crippen molar-refractivity contribution in [1.29, 1.82) is 5.41 Å². The number of hydroxylamine groups is 1. The molecule has 0 atom stereocenters. The lowest BCUT2D eigenvalue weighted by Gasteiger charge is -2.13. The highest BCUT2D eigenvalue weighted by Gasteiger charge is 2.46. The summed E-state index contributed by atoms with van der Waals surface area (Å²) in [6, 6.07) is 3.43. The average molecular weight is 207 g/mol. The van der Waals surface area contributed by atoms with Crippen molar-refractivity contribution in [3.63, 3.8) is 0 Å². The van der Waals surface area contributed by atoms with E-state index in [1.165, 1.54) is 0 Å². The number of nitrogens with zero attached hydrogens (tertiary/aromatic N) is 1. The molecule has 3 N–H and O–H groups in total. The van der Waals surface area contributed by atoms with Gasteiger partial charge in [-0.15, -0.1) is 0 Å². The number of rotatable bonds is 3. The molecule has 0 bridgehead atoms. The summed E-state index contributed by atoms with van der Waals surface area (Å²) in [7, 11) is 1.66. The molecule has 1 saturated carbocycles. The van der Waals surface area contributed by atoms with Gasteiger partial charge in [-0.3, -0.25) is 21.1 Å². The van der Waals surface area contributed by atoms with E-state index in [1.807, 2.05) is 5.48 Å². The first-order valence-electron chi connectivity index (χ1n) is 4.72. The van der Waals surface area contributed by atoms with Crippen LogP contribution < -0.4 is 5.48 Å². The Kier molecular flexibility index (Phi) is 2.42. The zero-order chi connectivity index (χ0) is 10.9. The van der Waals surface area contributed by atoms with Gasteiger partial charge >= 0.3 is 0 Å². The molecule has 0 amide bonds. The van der Waals surface area contributed by atoms with E-state index in [4.69, 9.17) is 15.4 Å². The van der Waals surface area contributed by atoms with Crippen LogP contribution in [0, 0.1) is 5.41 Å². The molecule has 1 heterocycles. The Morgan fingerprint density at radius 1 is 1.67 bits per heavy atom. The summed E-state index contributed by atoms with van der Waals surface area (Å²) in [6.45, 7) is 0. The molecule has 1 aliphatic rings. The summed E-state index contributed by atoms with van der Waals surface area (Å²) >= 11 is 0. The quantitative estimate of drug-likeness (QED) is 0.393. The van der Waals surface area contributed by atoms with Crippen LogP contribution >= 0.6 is 0 Å². The number of ether oxygens (including phenoxy) is 1. The predicted octanol–water partition coefficient (Wildman–Crippen LogP) is 1.02. The molecule has 0 aromatic carbocycles. The van der Waals surface area contributed by atoms with E-state index in [9.17, 15) is 0 Å². The van der Waals surface area contributed by atoms with E-state index in [2.05, 4.69) is 4.98 Å². The van der Waals surface area contributed by atoms with Crippen molar-refractivity contribution >= 4 is 5.84 Å². The van der Waals surface area contributed by atoms with Crippen molar-refractivity contribution in [2.24, 2.45) is 0 Å². The minimum Gasteiger partial charge on any atom is -0.372 e. The lowest BCUT2D eigenvalue weighted by atomic mass is 10.1. The highest BCUT2D eigenvalue weighted by atomic mass is 16.5. The van der Waals surface area contributed by atoms with Gasteiger partial charge in [0.15, 0.2) is 0 Å². The maximum absolute atomic E-state index is 8.63. The van der Waals surface area contributed by atoms with Gasteiger partial charge in [-0.25, -0.2) is 0 Å². The molecule has 80 valence electrons. The zero-order valence-electron chi connectivity index (χ0n) is 8.45. The first kappa shape index (κ1) is 10.1. The summed E-state index contributed by atoms with van der Waals surface area (Å²) in [6.07, 6.45) is 3.54. The normalized spacial score (nSPS) is 17.2. The van der Waals surface area contributed by atoms with Crippen LogP contribution in [0.4, 0.5) is 0 Å². The van der Waals surface area contributed by atoms with Crippen molar-refractivity contribution in [3.8, 4) is 0 Å². The van der Waals surface area contributed by atoms with Gasteiger partial charge in [0.2, 0.25) is 0 Å². The first-order valence-corrected chi connectivity index (χ1v) is 4.72. The maximum Gasteiger partial charge on any atom is 0.149 e. The Morgan fingerprint density at radius 2 is 2.40 bits per heavy atom. The number of aromatic nitrogens is 1. The second-order valence-corrected chi connectivity index (χ2v) is 3.61. The van der Waals surface area contributed by atoms with Crippen molar-refractivity contribution in [2.75, 3.05) is 7.11 Å². The predicted molar refractivity (Wildman–Crippen MR) is 53.9 cm³/mol.